The summed E-state index contributed by atoms with van der Waals surface area (Å²) >= 11 is 1.54. The standard InChI is InChI=1S/C33H31F3N2O4S/c1-6-27-28(37-30(43-27)25-10-8-21(31(39)40)14-19(25)4)26-9-7-17(2)11-23(26)16-38-20(5)29(42-32(38)41)22-12-18(3)13-24(15-22)33(34,35)36/h7-15,20,29H,6,16H2,1-5H3,(H,39,40)/t20-,29-/m0/s1. The van der Waals surface area contributed by atoms with E-state index >= 15 is 0 Å². The van der Waals surface area contributed by atoms with Crippen LogP contribution in [0.2, 0.25) is 0 Å². The van der Waals surface area contributed by atoms with Crippen LogP contribution in [0.5, 0.6) is 0 Å². The van der Waals surface area contributed by atoms with E-state index in [-0.39, 0.29) is 12.1 Å². The van der Waals surface area contributed by atoms with E-state index in [4.69, 9.17) is 9.72 Å². The summed E-state index contributed by atoms with van der Waals surface area (Å²) < 4.78 is 46.2. The van der Waals surface area contributed by atoms with Crippen LogP contribution in [0.1, 0.15) is 68.6 Å². The van der Waals surface area contributed by atoms with E-state index in [2.05, 4.69) is 0 Å². The Balaban J connectivity index is 1.49. The van der Waals surface area contributed by atoms with Gasteiger partial charge in [-0.05, 0) is 75.1 Å². The van der Waals surface area contributed by atoms with Gasteiger partial charge in [0.2, 0.25) is 0 Å². The van der Waals surface area contributed by atoms with Gasteiger partial charge in [-0.1, -0.05) is 48.4 Å². The number of hydrogen-bond acceptors (Lipinski definition) is 5. The fraction of sp³-hybridized carbons (Fsp3) is 0.303. The Labute approximate surface area is 251 Å². The highest BCUT2D eigenvalue weighted by Crippen LogP contribution is 2.40. The average Bonchev–Trinajstić information content (AvgIpc) is 3.48. The number of hydrogen-bond donors (Lipinski definition) is 1. The van der Waals surface area contributed by atoms with Crippen LogP contribution in [-0.2, 0) is 23.9 Å². The van der Waals surface area contributed by atoms with E-state index in [9.17, 15) is 27.9 Å². The summed E-state index contributed by atoms with van der Waals surface area (Å²) in [6.07, 6.45) is -5.24. The number of halogens is 3. The van der Waals surface area contributed by atoms with Gasteiger partial charge in [-0.2, -0.15) is 13.2 Å². The summed E-state index contributed by atoms with van der Waals surface area (Å²) in [4.78, 5) is 32.1. The molecule has 3 aromatic carbocycles. The predicted octanol–water partition coefficient (Wildman–Crippen LogP) is 8.76. The number of carbonyl (C=O) groups excluding carboxylic acids is 1. The van der Waals surface area contributed by atoms with Crippen molar-refractivity contribution in [3.8, 4) is 21.8 Å². The summed E-state index contributed by atoms with van der Waals surface area (Å²) in [6, 6.07) is 14.2. The van der Waals surface area contributed by atoms with Gasteiger partial charge in [0.05, 0.1) is 29.4 Å². The van der Waals surface area contributed by atoms with Crippen LogP contribution in [-0.4, -0.2) is 33.1 Å². The average molecular weight is 609 g/mol. The van der Waals surface area contributed by atoms with Crippen molar-refractivity contribution in [2.24, 2.45) is 0 Å². The second-order valence-corrected chi connectivity index (χ2v) is 12.0. The van der Waals surface area contributed by atoms with Gasteiger partial charge < -0.3 is 9.84 Å². The third-order valence-corrected chi connectivity index (χ3v) is 8.96. The molecule has 0 spiro atoms. The molecule has 1 N–H and O–H groups in total. The lowest BCUT2D eigenvalue weighted by Gasteiger charge is -2.23. The molecule has 5 rings (SSSR count). The fourth-order valence-electron chi connectivity index (χ4n) is 5.52. The number of aromatic carboxylic acids is 1. The second kappa shape index (κ2) is 11.5. The number of cyclic esters (lactones) is 1. The normalized spacial score (nSPS) is 16.9. The molecule has 2 heterocycles. The van der Waals surface area contributed by atoms with E-state index in [1.165, 1.54) is 11.3 Å². The highest BCUT2D eigenvalue weighted by atomic mass is 32.1. The van der Waals surface area contributed by atoms with Crippen LogP contribution < -0.4 is 0 Å². The molecule has 4 aromatic rings. The van der Waals surface area contributed by atoms with E-state index in [0.29, 0.717) is 17.5 Å². The Hall–Kier alpha value is -4.18. The van der Waals surface area contributed by atoms with E-state index in [1.54, 1.807) is 43.0 Å². The maximum absolute atomic E-state index is 13.5. The molecule has 0 saturated carbocycles. The van der Waals surface area contributed by atoms with Crippen molar-refractivity contribution in [1.29, 1.82) is 0 Å². The second-order valence-electron chi connectivity index (χ2n) is 10.9. The van der Waals surface area contributed by atoms with E-state index < -0.39 is 35.9 Å². The molecule has 0 bridgehead atoms. The summed E-state index contributed by atoms with van der Waals surface area (Å²) in [5.74, 6) is -0.992. The van der Waals surface area contributed by atoms with Gasteiger partial charge >= 0.3 is 18.2 Å². The minimum Gasteiger partial charge on any atom is -0.478 e. The van der Waals surface area contributed by atoms with Gasteiger partial charge in [0.15, 0.2) is 0 Å². The molecule has 6 nitrogen and oxygen atoms in total. The molecule has 1 aliphatic heterocycles. The van der Waals surface area contributed by atoms with Crippen LogP contribution in [0, 0.1) is 20.8 Å². The van der Waals surface area contributed by atoms with Gasteiger partial charge in [0.25, 0.3) is 0 Å². The zero-order valence-corrected chi connectivity index (χ0v) is 25.2. The number of carboxylic acid groups (broad SMARTS) is 1. The quantitative estimate of drug-likeness (QED) is 0.227. The maximum atomic E-state index is 13.5. The maximum Gasteiger partial charge on any atom is 0.416 e. The largest absolute Gasteiger partial charge is 0.478 e. The fourth-order valence-corrected chi connectivity index (χ4v) is 6.63. The van der Waals surface area contributed by atoms with Gasteiger partial charge in [-0.25, -0.2) is 14.6 Å². The summed E-state index contributed by atoms with van der Waals surface area (Å²) in [7, 11) is 0. The van der Waals surface area contributed by atoms with Crippen molar-refractivity contribution in [1.82, 2.24) is 9.88 Å². The predicted molar refractivity (Wildman–Crippen MR) is 159 cm³/mol. The minimum atomic E-state index is -4.51. The van der Waals surface area contributed by atoms with Gasteiger partial charge in [0, 0.05) is 16.0 Å². The number of carboxylic acids is 1. The molecule has 0 unspecified atom stereocenters. The zero-order valence-electron chi connectivity index (χ0n) is 24.4. The minimum absolute atomic E-state index is 0.188. The molecule has 224 valence electrons. The molecule has 0 aliphatic carbocycles. The van der Waals surface area contributed by atoms with Crippen LogP contribution >= 0.6 is 11.3 Å². The highest BCUT2D eigenvalue weighted by molar-refractivity contribution is 7.15. The summed E-state index contributed by atoms with van der Waals surface area (Å²) in [5, 5.41) is 10.1. The number of aryl methyl sites for hydroxylation is 4. The Bertz CT molecular complexity index is 1730. The number of thiazole rings is 1. The molecule has 1 fully saturated rings. The first-order valence-electron chi connectivity index (χ1n) is 13.9. The van der Waals surface area contributed by atoms with E-state index in [1.807, 2.05) is 39.0 Å². The monoisotopic (exact) mass is 608 g/mol. The molecule has 1 aromatic heterocycles. The van der Waals surface area contributed by atoms with Crippen molar-refractivity contribution < 1.29 is 32.6 Å². The molecule has 1 amide bonds. The first-order chi connectivity index (χ1) is 20.3. The van der Waals surface area contributed by atoms with Gasteiger partial charge in [-0.15, -0.1) is 11.3 Å². The number of ether oxygens (including phenoxy) is 1. The lowest BCUT2D eigenvalue weighted by atomic mass is 9.97. The topological polar surface area (TPSA) is 79.7 Å². The Morgan fingerprint density at radius 1 is 1.02 bits per heavy atom. The summed E-state index contributed by atoms with van der Waals surface area (Å²) in [5.41, 5.74) is 5.29. The summed E-state index contributed by atoms with van der Waals surface area (Å²) in [6.45, 7) is 9.40. The van der Waals surface area contributed by atoms with Crippen LogP contribution in [0.3, 0.4) is 0 Å². The lowest BCUT2D eigenvalue weighted by Crippen LogP contribution is -2.31. The van der Waals surface area contributed by atoms with Crippen molar-refractivity contribution in [2.75, 3.05) is 0 Å². The third kappa shape index (κ3) is 6.01. The number of amides is 1. The molecule has 1 saturated heterocycles. The van der Waals surface area contributed by atoms with Crippen LogP contribution in [0.25, 0.3) is 21.8 Å². The molecule has 10 heteroatoms. The molecule has 43 heavy (non-hydrogen) atoms. The number of aromatic nitrogens is 1. The number of rotatable bonds is 7. The molecular weight excluding hydrogens is 577 g/mol. The Morgan fingerprint density at radius 3 is 2.40 bits per heavy atom. The van der Waals surface area contributed by atoms with Gasteiger partial charge in [-0.3, -0.25) is 4.90 Å². The number of alkyl halides is 3. The Kier molecular flexibility index (Phi) is 8.09. The number of benzene rings is 3. The van der Waals surface area contributed by atoms with Crippen LogP contribution in [0.4, 0.5) is 18.0 Å². The smallest absolute Gasteiger partial charge is 0.416 e. The molecule has 0 radical (unpaired) electrons. The first-order valence-corrected chi connectivity index (χ1v) is 14.7. The lowest BCUT2D eigenvalue weighted by molar-refractivity contribution is -0.137. The van der Waals surface area contributed by atoms with Crippen LogP contribution in [0.15, 0.2) is 54.6 Å². The van der Waals surface area contributed by atoms with Crippen molar-refractivity contribution in [2.45, 2.75) is 65.9 Å². The molecular formula is C33H31F3N2O4S. The zero-order chi connectivity index (χ0) is 31.2. The Morgan fingerprint density at radius 2 is 1.74 bits per heavy atom. The third-order valence-electron chi connectivity index (χ3n) is 7.73. The van der Waals surface area contributed by atoms with Crippen molar-refractivity contribution in [3.63, 3.8) is 0 Å². The SMILES string of the molecule is CCc1sc(-c2ccc(C(=O)O)cc2C)nc1-c1ccc(C)cc1CN1C(=O)O[C@H](c2cc(C)cc(C(F)(F)F)c2)[C@@H]1C. The van der Waals surface area contributed by atoms with Crippen molar-refractivity contribution in [3.05, 3.63) is 98.4 Å². The van der Waals surface area contributed by atoms with Crippen molar-refractivity contribution >= 4 is 23.4 Å². The number of carbonyl (C=O) groups is 2. The number of nitrogens with zero attached hydrogens (tertiary/aromatic N) is 2. The first kappa shape index (κ1) is 30.3. The molecule has 2 atom stereocenters. The highest BCUT2D eigenvalue weighted by Gasteiger charge is 2.41. The van der Waals surface area contributed by atoms with Gasteiger partial charge in [0.1, 0.15) is 11.1 Å². The molecule has 1 aliphatic rings. The van der Waals surface area contributed by atoms with E-state index in [0.717, 1.165) is 55.5 Å².